The number of carbonyl (C=O) groups excluding carboxylic acids is 2. The molecule has 2 rings (SSSR count). The maximum absolute atomic E-state index is 11.5. The number of nitrogens with one attached hydrogen (secondary N) is 1. The summed E-state index contributed by atoms with van der Waals surface area (Å²) >= 11 is 1.54. The van der Waals surface area contributed by atoms with Crippen LogP contribution in [0.3, 0.4) is 0 Å². The second-order valence-corrected chi connectivity index (χ2v) is 5.31. The van der Waals surface area contributed by atoms with Crippen molar-refractivity contribution in [3.63, 3.8) is 0 Å². The van der Waals surface area contributed by atoms with Crippen LogP contribution in [0, 0.1) is 0 Å². The lowest BCUT2D eigenvalue weighted by Crippen LogP contribution is -2.29. The number of hydrogen-bond donors (Lipinski definition) is 1. The fourth-order valence-electron chi connectivity index (χ4n) is 1.61. The topological polar surface area (TPSA) is 94.3 Å². The SMILES string of the molecule is CCCNC(=O)COC(=O)CCc1nc(-c2ccsc2)no1. The Morgan fingerprint density at radius 3 is 3.05 bits per heavy atom. The molecule has 0 saturated carbocycles. The van der Waals surface area contributed by atoms with Gasteiger partial charge in [-0.05, 0) is 17.9 Å². The number of nitrogens with zero attached hydrogens (tertiary/aromatic N) is 2. The lowest BCUT2D eigenvalue weighted by molar-refractivity contribution is -0.148. The number of aromatic nitrogens is 2. The van der Waals surface area contributed by atoms with E-state index in [1.807, 2.05) is 23.8 Å². The predicted octanol–water partition coefficient (Wildman–Crippen LogP) is 1.80. The smallest absolute Gasteiger partial charge is 0.306 e. The van der Waals surface area contributed by atoms with Gasteiger partial charge in [-0.25, -0.2) is 0 Å². The van der Waals surface area contributed by atoms with E-state index < -0.39 is 5.97 Å². The Morgan fingerprint density at radius 2 is 2.32 bits per heavy atom. The van der Waals surface area contributed by atoms with Crippen LogP contribution < -0.4 is 5.32 Å². The Kier molecular flexibility index (Phi) is 6.08. The van der Waals surface area contributed by atoms with Crippen molar-refractivity contribution >= 4 is 23.2 Å². The molecule has 0 bridgehead atoms. The summed E-state index contributed by atoms with van der Waals surface area (Å²) in [7, 11) is 0. The van der Waals surface area contributed by atoms with Crippen LogP contribution in [0.25, 0.3) is 11.4 Å². The second-order valence-electron chi connectivity index (χ2n) is 4.53. The third-order valence-corrected chi connectivity index (χ3v) is 3.41. The highest BCUT2D eigenvalue weighted by atomic mass is 32.1. The maximum atomic E-state index is 11.5. The van der Waals surface area contributed by atoms with Gasteiger partial charge in [0.05, 0.1) is 6.42 Å². The van der Waals surface area contributed by atoms with Crippen LogP contribution in [-0.2, 0) is 20.7 Å². The second kappa shape index (κ2) is 8.28. The number of amides is 1. The summed E-state index contributed by atoms with van der Waals surface area (Å²) < 4.78 is 9.94. The van der Waals surface area contributed by atoms with Crippen molar-refractivity contribution in [2.75, 3.05) is 13.2 Å². The molecule has 0 spiro atoms. The van der Waals surface area contributed by atoms with E-state index in [9.17, 15) is 9.59 Å². The number of rotatable bonds is 8. The lowest BCUT2D eigenvalue weighted by Gasteiger charge is -2.04. The van der Waals surface area contributed by atoms with Gasteiger partial charge in [0, 0.05) is 23.9 Å². The molecule has 2 heterocycles. The average Bonchev–Trinajstić information content (AvgIpc) is 3.19. The van der Waals surface area contributed by atoms with E-state index in [0.29, 0.717) is 18.3 Å². The Bertz CT molecular complexity index is 609. The van der Waals surface area contributed by atoms with Crippen LogP contribution in [0.4, 0.5) is 0 Å². The number of carbonyl (C=O) groups is 2. The zero-order chi connectivity index (χ0) is 15.8. The molecule has 2 aromatic rings. The van der Waals surface area contributed by atoms with Crippen LogP contribution in [0.5, 0.6) is 0 Å². The fraction of sp³-hybridized carbons (Fsp3) is 0.429. The molecule has 8 heteroatoms. The van der Waals surface area contributed by atoms with Gasteiger partial charge in [0.25, 0.3) is 5.91 Å². The Balaban J connectivity index is 1.71. The first-order valence-electron chi connectivity index (χ1n) is 6.96. The Labute approximate surface area is 131 Å². The number of thiophene rings is 1. The Morgan fingerprint density at radius 1 is 1.45 bits per heavy atom. The Hall–Kier alpha value is -2.22. The number of aryl methyl sites for hydroxylation is 1. The van der Waals surface area contributed by atoms with E-state index in [-0.39, 0.29) is 25.4 Å². The molecule has 0 aromatic carbocycles. The van der Waals surface area contributed by atoms with Crippen molar-refractivity contribution in [1.82, 2.24) is 15.5 Å². The minimum Gasteiger partial charge on any atom is -0.456 e. The first-order chi connectivity index (χ1) is 10.7. The normalized spacial score (nSPS) is 10.4. The summed E-state index contributed by atoms with van der Waals surface area (Å²) in [6, 6.07) is 1.89. The minimum atomic E-state index is -0.470. The quantitative estimate of drug-likeness (QED) is 0.744. The van der Waals surface area contributed by atoms with Gasteiger partial charge >= 0.3 is 5.97 Å². The average molecular weight is 323 g/mol. The van der Waals surface area contributed by atoms with Gasteiger partial charge in [0.2, 0.25) is 11.7 Å². The van der Waals surface area contributed by atoms with Gasteiger partial charge in [0.15, 0.2) is 6.61 Å². The molecule has 7 nitrogen and oxygen atoms in total. The van der Waals surface area contributed by atoms with Crippen LogP contribution in [0.15, 0.2) is 21.3 Å². The van der Waals surface area contributed by atoms with Crippen LogP contribution in [0.2, 0.25) is 0 Å². The maximum Gasteiger partial charge on any atom is 0.306 e. The molecule has 0 aliphatic rings. The number of hydrogen-bond acceptors (Lipinski definition) is 7. The van der Waals surface area contributed by atoms with Gasteiger partial charge in [-0.3, -0.25) is 9.59 Å². The molecular weight excluding hydrogens is 306 g/mol. The van der Waals surface area contributed by atoms with Crippen LogP contribution in [-0.4, -0.2) is 35.2 Å². The zero-order valence-corrected chi connectivity index (χ0v) is 13.0. The highest BCUT2D eigenvalue weighted by Crippen LogP contribution is 2.18. The van der Waals surface area contributed by atoms with Gasteiger partial charge in [-0.2, -0.15) is 16.3 Å². The van der Waals surface area contributed by atoms with Crippen LogP contribution >= 0.6 is 11.3 Å². The van der Waals surface area contributed by atoms with E-state index in [4.69, 9.17) is 9.26 Å². The molecule has 0 fully saturated rings. The highest BCUT2D eigenvalue weighted by Gasteiger charge is 2.12. The fourth-order valence-corrected chi connectivity index (χ4v) is 2.24. The van der Waals surface area contributed by atoms with Crippen LogP contribution in [0.1, 0.15) is 25.7 Å². The van der Waals surface area contributed by atoms with Crippen molar-refractivity contribution in [1.29, 1.82) is 0 Å². The largest absolute Gasteiger partial charge is 0.456 e. The molecular formula is C14H17N3O4S. The monoisotopic (exact) mass is 323 g/mol. The summed E-state index contributed by atoms with van der Waals surface area (Å²) in [5.41, 5.74) is 0.884. The van der Waals surface area contributed by atoms with E-state index in [2.05, 4.69) is 15.5 Å². The molecule has 2 aromatic heterocycles. The minimum absolute atomic E-state index is 0.0896. The van der Waals surface area contributed by atoms with E-state index in [0.717, 1.165) is 12.0 Å². The first kappa shape index (κ1) is 16.2. The summed E-state index contributed by atoms with van der Waals surface area (Å²) in [5, 5.41) is 10.3. The van der Waals surface area contributed by atoms with E-state index in [1.165, 1.54) is 0 Å². The summed E-state index contributed by atoms with van der Waals surface area (Å²) in [6.07, 6.45) is 1.21. The van der Waals surface area contributed by atoms with Crippen molar-refractivity contribution in [3.05, 3.63) is 22.7 Å². The van der Waals surface area contributed by atoms with E-state index in [1.54, 1.807) is 11.3 Å². The standard InChI is InChI=1S/C14H17N3O4S/c1-2-6-15-11(18)8-20-13(19)4-3-12-16-14(17-21-12)10-5-7-22-9-10/h5,7,9H,2-4,6,8H2,1H3,(H,15,18). The van der Waals surface area contributed by atoms with Gasteiger partial charge in [0.1, 0.15) is 0 Å². The molecule has 0 unspecified atom stereocenters. The first-order valence-corrected chi connectivity index (χ1v) is 7.90. The molecule has 0 atom stereocenters. The number of ether oxygens (including phenoxy) is 1. The van der Waals surface area contributed by atoms with Crippen molar-refractivity contribution in [3.8, 4) is 11.4 Å². The molecule has 0 radical (unpaired) electrons. The molecule has 0 saturated heterocycles. The van der Waals surface area contributed by atoms with Gasteiger partial charge < -0.3 is 14.6 Å². The third-order valence-electron chi connectivity index (χ3n) is 2.73. The molecule has 0 aliphatic carbocycles. The predicted molar refractivity (Wildman–Crippen MR) is 80.2 cm³/mol. The van der Waals surface area contributed by atoms with Crippen molar-refractivity contribution in [2.24, 2.45) is 0 Å². The third kappa shape index (κ3) is 4.96. The number of esters is 1. The molecule has 118 valence electrons. The summed E-state index contributed by atoms with van der Waals surface area (Å²) in [5.74, 6) is 0.104. The summed E-state index contributed by atoms with van der Waals surface area (Å²) in [4.78, 5) is 27.0. The molecule has 22 heavy (non-hydrogen) atoms. The molecule has 0 aliphatic heterocycles. The van der Waals surface area contributed by atoms with Gasteiger partial charge in [-0.1, -0.05) is 12.1 Å². The van der Waals surface area contributed by atoms with E-state index >= 15 is 0 Å². The van der Waals surface area contributed by atoms with Gasteiger partial charge in [-0.15, -0.1) is 0 Å². The highest BCUT2D eigenvalue weighted by molar-refractivity contribution is 7.08. The van der Waals surface area contributed by atoms with Crippen molar-refractivity contribution < 1.29 is 18.8 Å². The lowest BCUT2D eigenvalue weighted by atomic mass is 10.3. The molecule has 1 amide bonds. The van der Waals surface area contributed by atoms with Crippen molar-refractivity contribution in [2.45, 2.75) is 26.2 Å². The summed E-state index contributed by atoms with van der Waals surface area (Å²) in [6.45, 7) is 2.26. The zero-order valence-electron chi connectivity index (χ0n) is 12.2. The molecule has 1 N–H and O–H groups in total.